The highest BCUT2D eigenvalue weighted by Gasteiger charge is 2.10. The molecule has 0 radical (unpaired) electrons. The van der Waals surface area contributed by atoms with Gasteiger partial charge in [0.2, 0.25) is 5.76 Å². The zero-order chi connectivity index (χ0) is 13.9. The summed E-state index contributed by atoms with van der Waals surface area (Å²) in [6.45, 7) is 0.296. The molecule has 0 saturated carbocycles. The molecule has 0 aliphatic heterocycles. The second-order valence-electron chi connectivity index (χ2n) is 4.02. The van der Waals surface area contributed by atoms with Crippen LogP contribution in [0.4, 0.5) is 0 Å². The van der Waals surface area contributed by atoms with Gasteiger partial charge in [0.1, 0.15) is 18.1 Å². The normalized spacial score (nSPS) is 10.7. The third kappa shape index (κ3) is 2.89. The summed E-state index contributed by atoms with van der Waals surface area (Å²) in [7, 11) is 0. The minimum absolute atomic E-state index is 0.296. The molecular weight excluding hydrogens is 346 g/mol. The molecule has 0 fully saturated rings. The van der Waals surface area contributed by atoms with E-state index in [1.165, 1.54) is 0 Å². The Bertz CT molecular complexity index is 709. The summed E-state index contributed by atoms with van der Waals surface area (Å²) in [6, 6.07) is 10.7. The lowest BCUT2D eigenvalue weighted by molar-refractivity contribution is 0.288. The fourth-order valence-electron chi connectivity index (χ4n) is 1.66. The van der Waals surface area contributed by atoms with Crippen molar-refractivity contribution in [2.45, 2.75) is 6.61 Å². The smallest absolute Gasteiger partial charge is 0.202 e. The van der Waals surface area contributed by atoms with Crippen LogP contribution in [0.2, 0.25) is 5.02 Å². The molecule has 3 aromatic rings. The summed E-state index contributed by atoms with van der Waals surface area (Å²) in [4.78, 5) is 0. The SMILES string of the molecule is Clc1ccc(OCc2cc(-c3ccco3)on2)c(Br)c1. The fourth-order valence-corrected chi connectivity index (χ4v) is 2.46. The van der Waals surface area contributed by atoms with Gasteiger partial charge in [0.25, 0.3) is 0 Å². The van der Waals surface area contributed by atoms with Crippen molar-refractivity contribution >= 4 is 27.5 Å². The van der Waals surface area contributed by atoms with Crippen LogP contribution >= 0.6 is 27.5 Å². The standard InChI is InChI=1S/C14H9BrClNO3/c15-11-6-9(16)3-4-12(11)19-8-10-7-14(20-17-10)13-2-1-5-18-13/h1-7H,8H2. The highest BCUT2D eigenvalue weighted by atomic mass is 79.9. The van der Waals surface area contributed by atoms with Gasteiger partial charge >= 0.3 is 0 Å². The Morgan fingerprint density at radius 2 is 2.10 bits per heavy atom. The molecule has 6 heteroatoms. The Morgan fingerprint density at radius 3 is 2.85 bits per heavy atom. The summed E-state index contributed by atoms with van der Waals surface area (Å²) >= 11 is 9.26. The Morgan fingerprint density at radius 1 is 1.20 bits per heavy atom. The van der Waals surface area contributed by atoms with Gasteiger partial charge in [-0.1, -0.05) is 16.8 Å². The van der Waals surface area contributed by atoms with E-state index in [1.807, 2.05) is 0 Å². The van der Waals surface area contributed by atoms with Crippen molar-refractivity contribution in [2.24, 2.45) is 0 Å². The van der Waals surface area contributed by atoms with E-state index < -0.39 is 0 Å². The largest absolute Gasteiger partial charge is 0.486 e. The number of hydrogen-bond donors (Lipinski definition) is 0. The van der Waals surface area contributed by atoms with Crippen molar-refractivity contribution in [3.8, 4) is 17.3 Å². The van der Waals surface area contributed by atoms with Crippen LogP contribution in [0.25, 0.3) is 11.5 Å². The maximum Gasteiger partial charge on any atom is 0.202 e. The first-order chi connectivity index (χ1) is 9.72. The van der Waals surface area contributed by atoms with Crippen LogP contribution in [0.15, 0.2) is 56.1 Å². The van der Waals surface area contributed by atoms with Crippen molar-refractivity contribution in [3.63, 3.8) is 0 Å². The number of ether oxygens (including phenoxy) is 1. The first kappa shape index (κ1) is 13.3. The van der Waals surface area contributed by atoms with Crippen LogP contribution < -0.4 is 4.74 Å². The topological polar surface area (TPSA) is 48.4 Å². The van der Waals surface area contributed by atoms with Crippen LogP contribution in [-0.2, 0) is 6.61 Å². The number of aromatic nitrogens is 1. The highest BCUT2D eigenvalue weighted by molar-refractivity contribution is 9.10. The molecule has 0 aliphatic carbocycles. The number of hydrogen-bond acceptors (Lipinski definition) is 4. The molecule has 1 aromatic carbocycles. The fraction of sp³-hybridized carbons (Fsp3) is 0.0714. The molecule has 4 nitrogen and oxygen atoms in total. The third-order valence-electron chi connectivity index (χ3n) is 2.59. The first-order valence-corrected chi connectivity index (χ1v) is 6.97. The van der Waals surface area contributed by atoms with Crippen molar-refractivity contribution in [2.75, 3.05) is 0 Å². The predicted octanol–water partition coefficient (Wildman–Crippen LogP) is 4.93. The van der Waals surface area contributed by atoms with E-state index in [2.05, 4.69) is 21.1 Å². The van der Waals surface area contributed by atoms with Gasteiger partial charge in [-0.15, -0.1) is 0 Å². The van der Waals surface area contributed by atoms with Gasteiger partial charge < -0.3 is 13.7 Å². The molecule has 2 heterocycles. The Labute approximate surface area is 128 Å². The molecule has 0 unspecified atom stereocenters. The molecule has 20 heavy (non-hydrogen) atoms. The van der Waals surface area contributed by atoms with Crippen molar-refractivity contribution in [1.82, 2.24) is 5.16 Å². The second-order valence-corrected chi connectivity index (χ2v) is 5.31. The van der Waals surface area contributed by atoms with E-state index in [0.29, 0.717) is 34.6 Å². The Kier molecular flexibility index (Phi) is 3.80. The monoisotopic (exact) mass is 353 g/mol. The molecule has 0 N–H and O–H groups in total. The number of nitrogens with zero attached hydrogens (tertiary/aromatic N) is 1. The second kappa shape index (κ2) is 5.73. The molecule has 0 spiro atoms. The lowest BCUT2D eigenvalue weighted by Gasteiger charge is -2.06. The van der Waals surface area contributed by atoms with Crippen LogP contribution in [0.1, 0.15) is 5.69 Å². The summed E-state index contributed by atoms with van der Waals surface area (Å²) in [5, 5.41) is 4.58. The molecule has 0 bridgehead atoms. The van der Waals surface area contributed by atoms with Crippen LogP contribution in [0.5, 0.6) is 5.75 Å². The average molecular weight is 355 g/mol. The van der Waals surface area contributed by atoms with E-state index in [4.69, 9.17) is 25.3 Å². The molecule has 0 atom stereocenters. The van der Waals surface area contributed by atoms with Crippen molar-refractivity contribution in [1.29, 1.82) is 0 Å². The predicted molar refractivity (Wildman–Crippen MR) is 77.7 cm³/mol. The van der Waals surface area contributed by atoms with Gasteiger partial charge in [-0.2, -0.15) is 0 Å². The number of benzene rings is 1. The van der Waals surface area contributed by atoms with Crippen LogP contribution in [0.3, 0.4) is 0 Å². The van der Waals surface area contributed by atoms with Gasteiger partial charge in [0.15, 0.2) is 5.76 Å². The molecule has 3 rings (SSSR count). The zero-order valence-corrected chi connectivity index (χ0v) is 12.5. The van der Waals surface area contributed by atoms with Gasteiger partial charge in [-0.05, 0) is 46.3 Å². The summed E-state index contributed by atoms with van der Waals surface area (Å²) in [6.07, 6.45) is 1.58. The Balaban J connectivity index is 1.70. The zero-order valence-electron chi connectivity index (χ0n) is 10.2. The van der Waals surface area contributed by atoms with Gasteiger partial charge in [-0.3, -0.25) is 0 Å². The highest BCUT2D eigenvalue weighted by Crippen LogP contribution is 2.29. The number of rotatable bonds is 4. The maximum absolute atomic E-state index is 5.87. The quantitative estimate of drug-likeness (QED) is 0.666. The average Bonchev–Trinajstić information content (AvgIpc) is 3.08. The molecule has 0 saturated heterocycles. The van der Waals surface area contributed by atoms with E-state index in [0.717, 1.165) is 4.47 Å². The van der Waals surface area contributed by atoms with Gasteiger partial charge in [0.05, 0.1) is 10.7 Å². The first-order valence-electron chi connectivity index (χ1n) is 5.80. The van der Waals surface area contributed by atoms with E-state index >= 15 is 0 Å². The van der Waals surface area contributed by atoms with Crippen molar-refractivity contribution in [3.05, 3.63) is 57.9 Å². The summed E-state index contributed by atoms with van der Waals surface area (Å²) in [5.74, 6) is 1.90. The summed E-state index contributed by atoms with van der Waals surface area (Å²) in [5.41, 5.74) is 0.679. The Hall–Kier alpha value is -1.72. The molecular formula is C14H9BrClNO3. The maximum atomic E-state index is 5.87. The van der Waals surface area contributed by atoms with Crippen LogP contribution in [0, 0.1) is 0 Å². The van der Waals surface area contributed by atoms with Crippen LogP contribution in [-0.4, -0.2) is 5.16 Å². The van der Waals surface area contributed by atoms with E-state index in [1.54, 1.807) is 42.7 Å². The number of halogens is 2. The van der Waals surface area contributed by atoms with Gasteiger partial charge in [0, 0.05) is 11.1 Å². The van der Waals surface area contributed by atoms with E-state index in [-0.39, 0.29) is 0 Å². The van der Waals surface area contributed by atoms with E-state index in [9.17, 15) is 0 Å². The minimum atomic E-state index is 0.296. The number of furan rings is 1. The summed E-state index contributed by atoms with van der Waals surface area (Å²) < 4.78 is 16.9. The molecule has 102 valence electrons. The van der Waals surface area contributed by atoms with Gasteiger partial charge in [-0.25, -0.2) is 0 Å². The third-order valence-corrected chi connectivity index (χ3v) is 3.45. The lowest BCUT2D eigenvalue weighted by atomic mass is 10.3. The molecule has 0 aliphatic rings. The molecule has 2 aromatic heterocycles. The van der Waals surface area contributed by atoms with Crippen molar-refractivity contribution < 1.29 is 13.7 Å². The lowest BCUT2D eigenvalue weighted by Crippen LogP contribution is -1.95. The minimum Gasteiger partial charge on any atom is -0.486 e. The molecule has 0 amide bonds.